The number of nitrogens with one attached hydrogen (secondary N) is 1. The van der Waals surface area contributed by atoms with Gasteiger partial charge in [0.2, 0.25) is 0 Å². The van der Waals surface area contributed by atoms with Crippen LogP contribution in [0.4, 0.5) is 5.82 Å². The minimum Gasteiger partial charge on any atom is -0.387 e. The number of rotatable bonds is 8. The number of nitrogen functional groups attached to an aromatic ring is 1. The molecule has 18 nitrogen and oxygen atoms in total. The van der Waals surface area contributed by atoms with Gasteiger partial charge in [0.15, 0.2) is 5.82 Å². The van der Waals surface area contributed by atoms with E-state index in [0.29, 0.717) is 0 Å². The lowest BCUT2D eigenvalue weighted by atomic mass is 10.1. The molecular formula is C10H16N5O13P3. The first-order chi connectivity index (χ1) is 14.2. The number of nitrogens with zero attached hydrogens (tertiary/aromatic N) is 3. The van der Waals surface area contributed by atoms with E-state index in [9.17, 15) is 28.8 Å². The maximum atomic E-state index is 11.8. The van der Waals surface area contributed by atoms with Gasteiger partial charge >= 0.3 is 23.5 Å². The van der Waals surface area contributed by atoms with E-state index in [2.05, 4.69) is 33.3 Å². The number of phosphoric acid groups is 3. The van der Waals surface area contributed by atoms with Crippen LogP contribution < -0.4 is 5.73 Å². The minimum absolute atomic E-state index is 0.0384. The molecule has 31 heavy (non-hydrogen) atoms. The number of aromatic nitrogens is 4. The number of aliphatic hydroxyl groups is 2. The molecule has 0 aliphatic carbocycles. The second-order valence-electron chi connectivity index (χ2n) is 6.05. The number of aromatic amines is 1. The van der Waals surface area contributed by atoms with Crippen molar-refractivity contribution in [1.29, 1.82) is 0 Å². The highest BCUT2D eigenvalue weighted by atomic mass is 31.3. The number of H-pyrrole nitrogens is 1. The van der Waals surface area contributed by atoms with E-state index in [1.54, 1.807) is 0 Å². The lowest BCUT2D eigenvalue weighted by molar-refractivity contribution is -0.0230. The van der Waals surface area contributed by atoms with Crippen molar-refractivity contribution in [2.24, 2.45) is 0 Å². The molecule has 2 aromatic heterocycles. The molecule has 0 radical (unpaired) electrons. The Morgan fingerprint density at radius 1 is 1.06 bits per heavy atom. The minimum atomic E-state index is -5.70. The molecule has 6 atom stereocenters. The number of hydrogen-bond acceptors (Lipinski definition) is 13. The molecule has 21 heteroatoms. The van der Waals surface area contributed by atoms with E-state index in [1.165, 1.54) is 0 Å². The standard InChI is InChI=1S/C10H16N5O13P3/c11-10-6-4(12-2-13-10)5(14-15-6)9-8(17)7(16)3(26-9)1-25-30(21,22)28-31(23,24)27-29(18,19)20/h2-3,7-9,16-17H,1H2,(H,14,15)(H,21,22)(H,23,24)(H2,11,12,13)(H2,18,19,20)/t3-,7?,8?,9+/m1/s1. The van der Waals surface area contributed by atoms with Crippen LogP contribution in [0.5, 0.6) is 0 Å². The highest BCUT2D eigenvalue weighted by Gasteiger charge is 2.47. The van der Waals surface area contributed by atoms with Gasteiger partial charge in [0.1, 0.15) is 47.5 Å². The second kappa shape index (κ2) is 8.53. The predicted molar refractivity (Wildman–Crippen MR) is 95.5 cm³/mol. The molecule has 1 fully saturated rings. The lowest BCUT2D eigenvalue weighted by Crippen LogP contribution is -2.33. The van der Waals surface area contributed by atoms with Gasteiger partial charge in [-0.05, 0) is 0 Å². The maximum absolute atomic E-state index is 11.8. The number of hydrogen-bond donors (Lipinski definition) is 8. The zero-order valence-corrected chi connectivity index (χ0v) is 17.6. The van der Waals surface area contributed by atoms with E-state index < -0.39 is 54.5 Å². The molecule has 0 bridgehead atoms. The molecule has 3 heterocycles. The molecule has 1 aliphatic rings. The first-order valence-electron chi connectivity index (χ1n) is 7.93. The average molecular weight is 507 g/mol. The van der Waals surface area contributed by atoms with Crippen molar-refractivity contribution in [1.82, 2.24) is 20.2 Å². The number of aliphatic hydroxyl groups excluding tert-OH is 2. The van der Waals surface area contributed by atoms with Crippen molar-refractivity contribution in [3.8, 4) is 0 Å². The van der Waals surface area contributed by atoms with E-state index >= 15 is 0 Å². The highest BCUT2D eigenvalue weighted by Crippen LogP contribution is 2.66. The molecule has 174 valence electrons. The van der Waals surface area contributed by atoms with Crippen LogP contribution >= 0.6 is 23.5 Å². The van der Waals surface area contributed by atoms with Crippen LogP contribution in [0.2, 0.25) is 0 Å². The van der Waals surface area contributed by atoms with Crippen LogP contribution in [0.15, 0.2) is 6.33 Å². The van der Waals surface area contributed by atoms with E-state index in [-0.39, 0.29) is 22.5 Å². The summed E-state index contributed by atoms with van der Waals surface area (Å²) in [6, 6.07) is 0. The fraction of sp³-hybridized carbons (Fsp3) is 0.500. The van der Waals surface area contributed by atoms with E-state index in [1.807, 2.05) is 0 Å². The van der Waals surface area contributed by atoms with Crippen LogP contribution in [0.1, 0.15) is 11.8 Å². The molecule has 3 rings (SSSR count). The Balaban J connectivity index is 1.69. The number of fused-ring (bicyclic) bond motifs is 1. The van der Waals surface area contributed by atoms with E-state index in [4.69, 9.17) is 25.2 Å². The van der Waals surface area contributed by atoms with Gasteiger partial charge in [-0.25, -0.2) is 23.7 Å². The average Bonchev–Trinajstić information content (AvgIpc) is 3.13. The molecule has 4 unspecified atom stereocenters. The number of ether oxygens (including phenoxy) is 1. The third-order valence-corrected chi connectivity index (χ3v) is 7.66. The Kier molecular flexibility index (Phi) is 6.68. The summed E-state index contributed by atoms with van der Waals surface area (Å²) in [5.41, 5.74) is 6.12. The first-order valence-corrected chi connectivity index (χ1v) is 12.5. The molecule has 1 saturated heterocycles. The molecule has 2 aromatic rings. The summed E-state index contributed by atoms with van der Waals surface area (Å²) in [6.07, 6.45) is -4.90. The van der Waals surface area contributed by atoms with Gasteiger partial charge in [0.05, 0.1) is 6.61 Å². The normalized spacial score (nSPS) is 28.5. The molecule has 9 N–H and O–H groups in total. The van der Waals surface area contributed by atoms with Gasteiger partial charge in [-0.3, -0.25) is 9.62 Å². The van der Waals surface area contributed by atoms with Crippen LogP contribution in [0, 0.1) is 0 Å². The summed E-state index contributed by atoms with van der Waals surface area (Å²) >= 11 is 0. The number of phosphoric ester groups is 1. The molecule has 0 spiro atoms. The third-order valence-electron chi connectivity index (χ3n) is 3.86. The van der Waals surface area contributed by atoms with Gasteiger partial charge in [-0.15, -0.1) is 0 Å². The smallest absolute Gasteiger partial charge is 0.387 e. The fourth-order valence-electron chi connectivity index (χ4n) is 2.65. The van der Waals surface area contributed by atoms with Crippen molar-refractivity contribution in [3.63, 3.8) is 0 Å². The van der Waals surface area contributed by atoms with Crippen LogP contribution in [0.3, 0.4) is 0 Å². The van der Waals surface area contributed by atoms with Crippen LogP contribution in [-0.4, -0.2) is 74.9 Å². The van der Waals surface area contributed by atoms with Crippen molar-refractivity contribution >= 4 is 40.3 Å². The van der Waals surface area contributed by atoms with Crippen molar-refractivity contribution < 1.29 is 61.4 Å². The van der Waals surface area contributed by atoms with Gasteiger partial charge in [-0.1, -0.05) is 0 Å². The van der Waals surface area contributed by atoms with Crippen LogP contribution in [-0.2, 0) is 31.6 Å². The number of anilines is 1. The largest absolute Gasteiger partial charge is 0.490 e. The summed E-state index contributed by atoms with van der Waals surface area (Å²) in [5, 5.41) is 26.9. The van der Waals surface area contributed by atoms with Crippen molar-refractivity contribution in [3.05, 3.63) is 12.0 Å². The Hall–Kier alpha value is -1.36. The van der Waals surface area contributed by atoms with Gasteiger partial charge in [0.25, 0.3) is 0 Å². The molecule has 1 aliphatic heterocycles. The summed E-state index contributed by atoms with van der Waals surface area (Å²) in [5.74, 6) is 0.0565. The number of nitrogens with two attached hydrogens (primary N) is 1. The van der Waals surface area contributed by atoms with Gasteiger partial charge < -0.3 is 40.3 Å². The summed E-state index contributed by atoms with van der Waals surface area (Å²) < 4.78 is 50.6. The Morgan fingerprint density at radius 2 is 1.74 bits per heavy atom. The third kappa shape index (κ3) is 5.71. The highest BCUT2D eigenvalue weighted by molar-refractivity contribution is 7.66. The SMILES string of the molecule is Nc1ncnc2c([C@@H]3O[C@H](COP(=O)(O)OP(=O)(O)OP(=O)(O)O)C(O)C3O)n[nH]c12. The van der Waals surface area contributed by atoms with Crippen molar-refractivity contribution in [2.75, 3.05) is 12.3 Å². The quantitative estimate of drug-likeness (QED) is 0.187. The molecule has 0 saturated carbocycles. The topological polar surface area (TPSA) is 290 Å². The fourth-order valence-corrected chi connectivity index (χ4v) is 5.68. The maximum Gasteiger partial charge on any atom is 0.490 e. The van der Waals surface area contributed by atoms with Gasteiger partial charge in [0, 0.05) is 0 Å². The zero-order valence-electron chi connectivity index (χ0n) is 14.9. The Bertz CT molecular complexity index is 1100. The lowest BCUT2D eigenvalue weighted by Gasteiger charge is -2.19. The molecular weight excluding hydrogens is 491 g/mol. The predicted octanol–water partition coefficient (Wildman–Crippen LogP) is -1.56. The van der Waals surface area contributed by atoms with E-state index in [0.717, 1.165) is 6.33 Å². The first kappa shape index (κ1) is 24.3. The monoisotopic (exact) mass is 507 g/mol. The zero-order chi connectivity index (χ0) is 23.2. The summed E-state index contributed by atoms with van der Waals surface area (Å²) in [7, 11) is -16.7. The Morgan fingerprint density at radius 3 is 2.39 bits per heavy atom. The summed E-state index contributed by atoms with van der Waals surface area (Å²) in [4.78, 5) is 43.3. The second-order valence-corrected chi connectivity index (χ2v) is 10.5. The van der Waals surface area contributed by atoms with Crippen LogP contribution in [0.25, 0.3) is 11.0 Å². The molecule has 0 aromatic carbocycles. The Labute approximate surface area is 171 Å². The van der Waals surface area contributed by atoms with Gasteiger partial charge in [-0.2, -0.15) is 13.7 Å². The molecule has 0 amide bonds. The van der Waals surface area contributed by atoms with Crippen molar-refractivity contribution in [2.45, 2.75) is 24.4 Å². The summed E-state index contributed by atoms with van der Waals surface area (Å²) in [6.45, 7) is -0.960.